The van der Waals surface area contributed by atoms with Crippen LogP contribution >= 0.6 is 0 Å². The molecule has 0 aromatic carbocycles. The van der Waals surface area contributed by atoms with Gasteiger partial charge in [-0.05, 0) is 19.2 Å². The molecular weight excluding hydrogens is 254 g/mol. The van der Waals surface area contributed by atoms with E-state index in [0.717, 1.165) is 45.1 Å². The molecule has 0 spiro atoms. The van der Waals surface area contributed by atoms with Gasteiger partial charge in [0, 0.05) is 46.3 Å². The zero-order chi connectivity index (χ0) is 14.4. The molecule has 110 valence electrons. The van der Waals surface area contributed by atoms with Gasteiger partial charge >= 0.3 is 0 Å². The summed E-state index contributed by atoms with van der Waals surface area (Å²) in [6.07, 6.45) is 1.56. The molecule has 0 atom stereocenters. The molecule has 2 rings (SSSR count). The predicted molar refractivity (Wildman–Crippen MR) is 81.8 cm³/mol. The minimum absolute atomic E-state index is 0.153. The smallest absolute Gasteiger partial charge is 0.142 e. The summed E-state index contributed by atoms with van der Waals surface area (Å²) in [5, 5.41) is 12.9. The molecule has 0 saturated carbocycles. The van der Waals surface area contributed by atoms with Gasteiger partial charge in [-0.2, -0.15) is 0 Å². The summed E-state index contributed by atoms with van der Waals surface area (Å²) in [7, 11) is 3.82. The highest BCUT2D eigenvalue weighted by molar-refractivity contribution is 5.81. The van der Waals surface area contributed by atoms with Crippen LogP contribution in [0.4, 0.5) is 5.82 Å². The Morgan fingerprint density at radius 1 is 1.35 bits per heavy atom. The van der Waals surface area contributed by atoms with Crippen molar-refractivity contribution in [3.05, 3.63) is 17.8 Å². The minimum Gasteiger partial charge on any atom is -0.506 e. The Hall–Kier alpha value is -1.66. The molecule has 0 aliphatic carbocycles. The fourth-order valence-electron chi connectivity index (χ4n) is 2.20. The van der Waals surface area contributed by atoms with E-state index >= 15 is 0 Å². The number of piperazine rings is 1. The van der Waals surface area contributed by atoms with Crippen molar-refractivity contribution in [1.82, 2.24) is 14.8 Å². The highest BCUT2D eigenvalue weighted by Gasteiger charge is 2.12. The molecule has 6 heteroatoms. The summed E-state index contributed by atoms with van der Waals surface area (Å²) < 4.78 is 0. The van der Waals surface area contributed by atoms with E-state index in [2.05, 4.69) is 32.1 Å². The second-order valence-corrected chi connectivity index (χ2v) is 5.06. The number of rotatable bonds is 5. The summed E-state index contributed by atoms with van der Waals surface area (Å²) in [6.45, 7) is 6.37. The fourth-order valence-corrected chi connectivity index (χ4v) is 2.20. The van der Waals surface area contributed by atoms with E-state index in [-0.39, 0.29) is 5.75 Å². The predicted octanol–water partition coefficient (Wildman–Crippen LogP) is 0.495. The van der Waals surface area contributed by atoms with Gasteiger partial charge in [0.25, 0.3) is 0 Å². The SMILES string of the molecule is C/N=C/c1nc(NCCN2CCN(C)CC2)ccc1O. The first-order valence-corrected chi connectivity index (χ1v) is 6.96. The zero-order valence-electron chi connectivity index (χ0n) is 12.2. The lowest BCUT2D eigenvalue weighted by molar-refractivity contribution is 0.158. The maximum Gasteiger partial charge on any atom is 0.142 e. The average Bonchev–Trinajstić information content (AvgIpc) is 2.45. The van der Waals surface area contributed by atoms with Gasteiger partial charge in [-0.1, -0.05) is 0 Å². The second-order valence-electron chi connectivity index (χ2n) is 5.06. The molecular formula is C14H23N5O. The van der Waals surface area contributed by atoms with Gasteiger partial charge in [0.05, 0.1) is 6.21 Å². The molecule has 2 N–H and O–H groups in total. The molecule has 20 heavy (non-hydrogen) atoms. The Morgan fingerprint density at radius 2 is 2.10 bits per heavy atom. The Bertz CT molecular complexity index is 455. The van der Waals surface area contributed by atoms with Gasteiger partial charge in [0.2, 0.25) is 0 Å². The van der Waals surface area contributed by atoms with Gasteiger partial charge in [-0.15, -0.1) is 0 Å². The van der Waals surface area contributed by atoms with E-state index in [0.29, 0.717) is 5.69 Å². The highest BCUT2D eigenvalue weighted by atomic mass is 16.3. The number of hydrogen-bond donors (Lipinski definition) is 2. The van der Waals surface area contributed by atoms with Crippen LogP contribution in [0, 0.1) is 0 Å². The second kappa shape index (κ2) is 7.21. The van der Waals surface area contributed by atoms with Crippen molar-refractivity contribution in [1.29, 1.82) is 0 Å². The lowest BCUT2D eigenvalue weighted by atomic mass is 10.3. The van der Waals surface area contributed by atoms with Gasteiger partial charge in [-0.3, -0.25) is 9.89 Å². The number of aromatic hydroxyl groups is 1. The van der Waals surface area contributed by atoms with Crippen LogP contribution in [0.3, 0.4) is 0 Å². The Kier molecular flexibility index (Phi) is 5.31. The molecule has 0 bridgehead atoms. The Labute approximate surface area is 120 Å². The van der Waals surface area contributed by atoms with Crippen LogP contribution in [0.1, 0.15) is 5.69 Å². The molecule has 1 aromatic rings. The molecule has 1 aliphatic rings. The van der Waals surface area contributed by atoms with E-state index in [1.807, 2.05) is 0 Å². The summed E-state index contributed by atoms with van der Waals surface area (Å²) in [6, 6.07) is 3.43. The third kappa shape index (κ3) is 4.18. The number of pyridine rings is 1. The number of aromatic nitrogens is 1. The largest absolute Gasteiger partial charge is 0.506 e. The molecule has 0 radical (unpaired) electrons. The monoisotopic (exact) mass is 277 g/mol. The van der Waals surface area contributed by atoms with Crippen LogP contribution in [0.2, 0.25) is 0 Å². The molecule has 6 nitrogen and oxygen atoms in total. The summed E-state index contributed by atoms with van der Waals surface area (Å²) in [5.41, 5.74) is 0.497. The van der Waals surface area contributed by atoms with Gasteiger partial charge in [0.1, 0.15) is 17.3 Å². The molecule has 1 aliphatic heterocycles. The first kappa shape index (κ1) is 14.7. The van der Waals surface area contributed by atoms with Gasteiger partial charge in [-0.25, -0.2) is 4.98 Å². The minimum atomic E-state index is 0.153. The number of hydrogen-bond acceptors (Lipinski definition) is 6. The Morgan fingerprint density at radius 3 is 2.80 bits per heavy atom. The van der Waals surface area contributed by atoms with Gasteiger partial charge in [0.15, 0.2) is 0 Å². The number of anilines is 1. The molecule has 1 fully saturated rings. The van der Waals surface area contributed by atoms with E-state index < -0.39 is 0 Å². The quantitative estimate of drug-likeness (QED) is 0.767. The number of likely N-dealkylation sites (N-methyl/N-ethyl adjacent to an activating group) is 1. The maximum absolute atomic E-state index is 9.63. The van der Waals surface area contributed by atoms with Crippen LogP contribution in [-0.4, -0.2) is 79.5 Å². The molecule has 1 saturated heterocycles. The van der Waals surface area contributed by atoms with Gasteiger partial charge < -0.3 is 15.3 Å². The van der Waals surface area contributed by atoms with Crippen LogP contribution in [0.5, 0.6) is 5.75 Å². The zero-order valence-corrected chi connectivity index (χ0v) is 12.2. The average molecular weight is 277 g/mol. The third-order valence-electron chi connectivity index (χ3n) is 3.48. The lowest BCUT2D eigenvalue weighted by Gasteiger charge is -2.32. The highest BCUT2D eigenvalue weighted by Crippen LogP contribution is 2.15. The molecule has 2 heterocycles. The first-order chi connectivity index (χ1) is 9.69. The van der Waals surface area contributed by atoms with Crippen LogP contribution in [0.25, 0.3) is 0 Å². The van der Waals surface area contributed by atoms with Crippen molar-refractivity contribution in [2.75, 3.05) is 58.7 Å². The summed E-state index contributed by atoms with van der Waals surface area (Å²) in [4.78, 5) is 13.0. The molecule has 1 aromatic heterocycles. The van der Waals surface area contributed by atoms with Crippen molar-refractivity contribution in [3.8, 4) is 5.75 Å². The van der Waals surface area contributed by atoms with Crippen molar-refractivity contribution in [2.24, 2.45) is 4.99 Å². The molecule has 0 amide bonds. The van der Waals surface area contributed by atoms with E-state index in [1.54, 1.807) is 25.4 Å². The van der Waals surface area contributed by atoms with E-state index in [1.165, 1.54) is 0 Å². The standard InChI is InChI=1S/C14H23N5O/c1-15-11-12-13(20)3-4-14(17-12)16-5-6-19-9-7-18(2)8-10-19/h3-4,11,20H,5-10H2,1-2H3,(H,16,17)/b15-11+. The van der Waals surface area contributed by atoms with Crippen LogP contribution < -0.4 is 5.32 Å². The lowest BCUT2D eigenvalue weighted by Crippen LogP contribution is -2.45. The maximum atomic E-state index is 9.63. The normalized spacial score (nSPS) is 17.7. The number of nitrogens with one attached hydrogen (secondary N) is 1. The van der Waals surface area contributed by atoms with Crippen LogP contribution in [0.15, 0.2) is 17.1 Å². The van der Waals surface area contributed by atoms with E-state index in [9.17, 15) is 5.11 Å². The first-order valence-electron chi connectivity index (χ1n) is 6.96. The van der Waals surface area contributed by atoms with Crippen molar-refractivity contribution in [3.63, 3.8) is 0 Å². The van der Waals surface area contributed by atoms with Crippen LogP contribution in [-0.2, 0) is 0 Å². The molecule has 0 unspecified atom stereocenters. The van der Waals surface area contributed by atoms with E-state index in [4.69, 9.17) is 0 Å². The van der Waals surface area contributed by atoms with Crippen molar-refractivity contribution < 1.29 is 5.11 Å². The van der Waals surface area contributed by atoms with Crippen molar-refractivity contribution >= 4 is 12.0 Å². The number of aliphatic imine (C=N–C) groups is 1. The fraction of sp³-hybridized carbons (Fsp3) is 0.571. The number of nitrogens with zero attached hydrogens (tertiary/aromatic N) is 4. The summed E-state index contributed by atoms with van der Waals surface area (Å²) >= 11 is 0. The third-order valence-corrected chi connectivity index (χ3v) is 3.48. The summed E-state index contributed by atoms with van der Waals surface area (Å²) in [5.74, 6) is 0.923. The Balaban J connectivity index is 1.80. The topological polar surface area (TPSA) is 64.0 Å². The van der Waals surface area contributed by atoms with Crippen molar-refractivity contribution in [2.45, 2.75) is 0 Å².